The van der Waals surface area contributed by atoms with Crippen LogP contribution in [0.5, 0.6) is 11.5 Å². The van der Waals surface area contributed by atoms with Crippen LogP contribution >= 0.6 is 11.6 Å². The van der Waals surface area contributed by atoms with Gasteiger partial charge in [0, 0.05) is 78.6 Å². The molecule has 0 radical (unpaired) electrons. The van der Waals surface area contributed by atoms with E-state index in [9.17, 15) is 34.9 Å². The molecular formula is C72H93ClN12O10. The monoisotopic (exact) mass is 1320 g/mol. The van der Waals surface area contributed by atoms with Crippen molar-refractivity contribution in [3.05, 3.63) is 177 Å². The van der Waals surface area contributed by atoms with Crippen molar-refractivity contribution < 1.29 is 38.8 Å². The number of ether oxygens (including phenoxy) is 3. The second-order valence-electron chi connectivity index (χ2n) is 22.6. The van der Waals surface area contributed by atoms with Gasteiger partial charge in [-0.25, -0.2) is 4.79 Å². The lowest BCUT2D eigenvalue weighted by molar-refractivity contribution is -0.385. The Bertz CT molecular complexity index is 3480. The predicted octanol–water partition coefficient (Wildman–Crippen LogP) is 21.8. The summed E-state index contributed by atoms with van der Waals surface area (Å²) in [5.74, 6) is 0.603. The first kappa shape index (κ1) is 78.0. The number of benzene rings is 6. The molecule has 1 N–H and O–H groups in total. The van der Waals surface area contributed by atoms with E-state index in [1.165, 1.54) is 126 Å². The SMILES string of the molecule is C=C(C)C(=O)Cl.C=C(C)C(=O)OCCN(CCCCCCCCCC)c1ccc(N=Nc2cc(C)c(N=Nc3ccc([N+](=O)[O-])cc3)cc2OC)cc1.CCCCCCCCCCN(CCO)c1ccc(N=Nc2cc(C)c(N=Nc3ccc([N+](=O)[O-])cc3)cc2OC)cc1. The third kappa shape index (κ3) is 29.6. The zero-order valence-electron chi connectivity index (χ0n) is 56.4. The number of halogens is 1. The minimum Gasteiger partial charge on any atom is -0.494 e. The standard InChI is InChI=1S/C36H46N6O5.C32H42N6O4.C4H5ClO/c1-6-7-8-9-10-11-12-13-22-41(23-24-47-36(43)27(2)3)31-18-14-29(15-19-31)38-40-34-25-28(4)33(26-35(34)46-5)39-37-30-16-20-32(21-17-30)42(44)45;1-4-5-6-7-8-9-10-11-20-37(21-22-39)28-16-12-26(13-17-28)34-36-31-23-25(2)30(24-32(31)42-3)35-33-27-14-18-29(19-15-27)38(40)41;1-3(2)4(5)6/h14-21,25-26H,2,6-13,22-24H2,1,3-5H3;12-19,23-24,39H,4-11,20-22H2,1-3H3;1H2,2H3. The van der Waals surface area contributed by atoms with E-state index in [1.807, 2.05) is 74.5 Å². The number of anilines is 2. The van der Waals surface area contributed by atoms with Crippen molar-refractivity contribution in [2.75, 3.05) is 63.4 Å². The molecule has 0 aromatic heterocycles. The van der Waals surface area contributed by atoms with Gasteiger partial charge in [0.1, 0.15) is 29.5 Å². The number of aliphatic hydroxyl groups is 1. The van der Waals surface area contributed by atoms with E-state index in [0.717, 1.165) is 48.4 Å². The van der Waals surface area contributed by atoms with Gasteiger partial charge in [0.15, 0.2) is 0 Å². The number of nitro groups is 2. The minimum atomic E-state index is -0.463. The van der Waals surface area contributed by atoms with Gasteiger partial charge in [-0.1, -0.05) is 117 Å². The average molecular weight is 1320 g/mol. The summed E-state index contributed by atoms with van der Waals surface area (Å²) in [6, 6.07) is 34.5. The molecule has 6 rings (SSSR count). The number of allylic oxidation sites excluding steroid dienone is 1. The molecule has 6 aromatic rings. The zero-order chi connectivity index (χ0) is 69.3. The Balaban J connectivity index is 0.000000374. The Kier molecular flexibility index (Phi) is 36.3. The van der Waals surface area contributed by atoms with Crippen molar-refractivity contribution in [2.24, 2.45) is 40.9 Å². The van der Waals surface area contributed by atoms with E-state index in [1.54, 1.807) is 52.3 Å². The number of nitro benzene ring substituents is 2. The van der Waals surface area contributed by atoms with Gasteiger partial charge in [-0.15, -0.1) is 10.2 Å². The van der Waals surface area contributed by atoms with E-state index < -0.39 is 15.1 Å². The van der Waals surface area contributed by atoms with Gasteiger partial charge in [-0.3, -0.25) is 25.0 Å². The van der Waals surface area contributed by atoms with Gasteiger partial charge in [0.05, 0.1) is 71.3 Å². The molecule has 0 amide bonds. The van der Waals surface area contributed by atoms with Gasteiger partial charge in [-0.2, -0.15) is 30.7 Å². The van der Waals surface area contributed by atoms with Crippen LogP contribution in [-0.4, -0.2) is 79.8 Å². The number of aryl methyl sites for hydroxylation is 2. The Morgan fingerprint density at radius 3 is 1.09 bits per heavy atom. The van der Waals surface area contributed by atoms with Crippen LogP contribution in [0.25, 0.3) is 0 Å². The number of non-ortho nitro benzene ring substituents is 2. The van der Waals surface area contributed by atoms with Crippen LogP contribution < -0.4 is 19.3 Å². The highest BCUT2D eigenvalue weighted by atomic mass is 35.5. The highest BCUT2D eigenvalue weighted by Crippen LogP contribution is 2.39. The first-order chi connectivity index (χ1) is 45.8. The van der Waals surface area contributed by atoms with Crippen LogP contribution in [0.3, 0.4) is 0 Å². The molecule has 0 atom stereocenters. The number of hydrogen-bond donors (Lipinski definition) is 1. The number of rotatable bonds is 39. The number of hydrogen-bond acceptors (Lipinski definition) is 20. The van der Waals surface area contributed by atoms with Crippen molar-refractivity contribution in [3.8, 4) is 11.5 Å². The summed E-state index contributed by atoms with van der Waals surface area (Å²) >= 11 is 4.87. The topological polar surface area (TPSA) is 274 Å². The summed E-state index contributed by atoms with van der Waals surface area (Å²) in [5, 5.41) is 65.5. The lowest BCUT2D eigenvalue weighted by Gasteiger charge is -2.25. The second-order valence-corrected chi connectivity index (χ2v) is 23.0. The Morgan fingerprint density at radius 1 is 0.474 bits per heavy atom. The molecule has 0 saturated carbocycles. The molecule has 0 bridgehead atoms. The molecule has 0 fully saturated rings. The molecule has 0 heterocycles. The molecule has 0 aliphatic heterocycles. The Hall–Kier alpha value is -9.41. The number of azo groups is 4. The molecule has 6 aromatic carbocycles. The number of methoxy groups -OCH3 is 2. The van der Waals surface area contributed by atoms with Gasteiger partial charge in [0.25, 0.3) is 11.4 Å². The number of unbranched alkanes of at least 4 members (excludes halogenated alkanes) is 14. The maximum absolute atomic E-state index is 11.9. The van der Waals surface area contributed by atoms with Gasteiger partial charge >= 0.3 is 5.97 Å². The van der Waals surface area contributed by atoms with Crippen LogP contribution in [0.2, 0.25) is 0 Å². The van der Waals surface area contributed by atoms with E-state index in [-0.39, 0.29) is 30.6 Å². The molecular weight excluding hydrogens is 1230 g/mol. The molecule has 0 spiro atoms. The number of esters is 1. The summed E-state index contributed by atoms with van der Waals surface area (Å²) in [4.78, 5) is 47.0. The molecule has 23 heteroatoms. The Labute approximate surface area is 564 Å². The maximum atomic E-state index is 11.9. The van der Waals surface area contributed by atoms with Gasteiger partial charge < -0.3 is 29.1 Å². The fraction of sp³-hybridized carbons (Fsp3) is 0.417. The lowest BCUT2D eigenvalue weighted by atomic mass is 10.1. The molecule has 0 saturated heterocycles. The molecule has 0 aliphatic rings. The third-order valence-corrected chi connectivity index (χ3v) is 15.2. The van der Waals surface area contributed by atoms with Crippen molar-refractivity contribution >= 4 is 91.1 Å². The predicted molar refractivity (Wildman–Crippen MR) is 379 cm³/mol. The molecule has 22 nitrogen and oxygen atoms in total. The van der Waals surface area contributed by atoms with E-state index in [2.05, 4.69) is 77.7 Å². The summed E-state index contributed by atoms with van der Waals surface area (Å²) < 4.78 is 16.4. The first-order valence-corrected chi connectivity index (χ1v) is 32.7. The molecule has 0 unspecified atom stereocenters. The fourth-order valence-corrected chi connectivity index (χ4v) is 9.32. The van der Waals surface area contributed by atoms with Crippen LogP contribution in [0, 0.1) is 34.1 Å². The van der Waals surface area contributed by atoms with Crippen molar-refractivity contribution in [3.63, 3.8) is 0 Å². The van der Waals surface area contributed by atoms with E-state index in [0.29, 0.717) is 81.2 Å². The van der Waals surface area contributed by atoms with Crippen molar-refractivity contribution in [1.29, 1.82) is 0 Å². The van der Waals surface area contributed by atoms with Crippen molar-refractivity contribution in [1.82, 2.24) is 0 Å². The van der Waals surface area contributed by atoms with Crippen LogP contribution in [0.4, 0.5) is 68.2 Å². The third-order valence-electron chi connectivity index (χ3n) is 14.8. The normalized spacial score (nSPS) is 11.1. The fourth-order valence-electron chi connectivity index (χ4n) is 9.32. The zero-order valence-corrected chi connectivity index (χ0v) is 57.1. The highest BCUT2D eigenvalue weighted by Gasteiger charge is 2.14. The first-order valence-electron chi connectivity index (χ1n) is 32.3. The quantitative estimate of drug-likeness (QED) is 0.00717. The molecule has 0 aliphatic carbocycles. The van der Waals surface area contributed by atoms with Gasteiger partial charge in [-0.05, 0) is 148 Å². The lowest BCUT2D eigenvalue weighted by Crippen LogP contribution is -2.29. The largest absolute Gasteiger partial charge is 0.494 e. The van der Waals surface area contributed by atoms with E-state index in [4.69, 9.17) is 25.8 Å². The summed E-state index contributed by atoms with van der Waals surface area (Å²) in [5.41, 5.74) is 9.12. The number of aliphatic hydroxyl groups excluding tert-OH is 1. The summed E-state index contributed by atoms with van der Waals surface area (Å²) in [6.45, 7) is 21.8. The highest BCUT2D eigenvalue weighted by molar-refractivity contribution is 6.67. The minimum absolute atomic E-state index is 0.00237. The number of carbonyl (C=O) groups excluding carboxylic acids is 2. The number of nitrogens with zero attached hydrogens (tertiary/aromatic N) is 12. The maximum Gasteiger partial charge on any atom is 0.333 e. The van der Waals surface area contributed by atoms with Gasteiger partial charge in [0.2, 0.25) is 5.24 Å². The molecule has 95 heavy (non-hydrogen) atoms. The average Bonchev–Trinajstić information content (AvgIpc) is 1.11. The second kappa shape index (κ2) is 44.2. The smallest absolute Gasteiger partial charge is 0.333 e. The Morgan fingerprint density at radius 2 is 0.789 bits per heavy atom. The van der Waals surface area contributed by atoms with Crippen LogP contribution in [-0.2, 0) is 14.3 Å². The van der Waals surface area contributed by atoms with E-state index >= 15 is 0 Å². The van der Waals surface area contributed by atoms with Crippen LogP contribution in [0.1, 0.15) is 142 Å². The molecule has 508 valence electrons. The summed E-state index contributed by atoms with van der Waals surface area (Å²) in [7, 11) is 3.10. The summed E-state index contributed by atoms with van der Waals surface area (Å²) in [6.07, 6.45) is 20.1. The van der Waals surface area contributed by atoms with Crippen molar-refractivity contribution in [2.45, 2.75) is 144 Å². The van der Waals surface area contributed by atoms with Crippen LogP contribution in [0.15, 0.2) is 187 Å². The number of carbonyl (C=O) groups is 2.